The van der Waals surface area contributed by atoms with E-state index in [1.165, 1.54) is 24.3 Å². The van der Waals surface area contributed by atoms with Crippen molar-refractivity contribution in [3.8, 4) is 0 Å². The highest BCUT2D eigenvalue weighted by Gasteiger charge is 2.26. The highest BCUT2D eigenvalue weighted by molar-refractivity contribution is 7.89. The standard InChI is InChI=1S/C16H20N4O3S/c1-12-9-18-20(10-12)14-3-2-8-19(11-14)16(21)13-4-6-15(7-5-13)24(17,22)23/h4-7,9-10,14H,2-3,8,11H2,1H3,(H2,17,22,23)/t14-/m0/s1. The Morgan fingerprint density at radius 1 is 1.29 bits per heavy atom. The third-order valence-corrected chi connectivity index (χ3v) is 5.15. The number of aromatic nitrogens is 2. The minimum atomic E-state index is -3.75. The van der Waals surface area contributed by atoms with Crippen molar-refractivity contribution in [2.24, 2.45) is 5.14 Å². The number of primary sulfonamides is 1. The SMILES string of the molecule is Cc1cnn([C@H]2CCCN(C(=O)c3ccc(S(N)(=O)=O)cc3)C2)c1. The van der Waals surface area contributed by atoms with Gasteiger partial charge < -0.3 is 4.90 Å². The van der Waals surface area contributed by atoms with E-state index in [4.69, 9.17) is 5.14 Å². The normalized spacial score (nSPS) is 18.6. The van der Waals surface area contributed by atoms with Gasteiger partial charge >= 0.3 is 0 Å². The Kier molecular flexibility index (Phi) is 4.42. The van der Waals surface area contributed by atoms with Gasteiger partial charge in [0.15, 0.2) is 0 Å². The van der Waals surface area contributed by atoms with Gasteiger partial charge in [-0.2, -0.15) is 5.10 Å². The first-order chi connectivity index (χ1) is 11.3. The Morgan fingerprint density at radius 3 is 2.58 bits per heavy atom. The maximum absolute atomic E-state index is 12.7. The molecule has 1 aromatic carbocycles. The molecule has 0 radical (unpaired) electrons. The lowest BCUT2D eigenvalue weighted by Crippen LogP contribution is -2.40. The number of piperidine rings is 1. The molecule has 1 aliphatic heterocycles. The van der Waals surface area contributed by atoms with Crippen LogP contribution in [0.3, 0.4) is 0 Å². The van der Waals surface area contributed by atoms with Crippen LogP contribution >= 0.6 is 0 Å². The van der Waals surface area contributed by atoms with Crippen LogP contribution in [0.1, 0.15) is 34.8 Å². The molecule has 1 saturated heterocycles. The number of carbonyl (C=O) groups is 1. The van der Waals surface area contributed by atoms with Crippen LogP contribution in [0.4, 0.5) is 0 Å². The Balaban J connectivity index is 1.74. The summed E-state index contributed by atoms with van der Waals surface area (Å²) in [6, 6.07) is 5.90. The number of carbonyl (C=O) groups excluding carboxylic acids is 1. The second-order valence-electron chi connectivity index (χ2n) is 6.11. The van der Waals surface area contributed by atoms with Crippen LogP contribution in [0, 0.1) is 6.92 Å². The molecule has 0 aliphatic carbocycles. The Labute approximate surface area is 141 Å². The van der Waals surface area contributed by atoms with E-state index in [9.17, 15) is 13.2 Å². The molecule has 7 nitrogen and oxygen atoms in total. The minimum Gasteiger partial charge on any atom is -0.337 e. The zero-order valence-electron chi connectivity index (χ0n) is 13.4. The van der Waals surface area contributed by atoms with E-state index in [1.807, 2.05) is 24.0 Å². The summed E-state index contributed by atoms with van der Waals surface area (Å²) in [6.07, 6.45) is 5.69. The molecule has 0 saturated carbocycles. The summed E-state index contributed by atoms with van der Waals surface area (Å²) < 4.78 is 24.5. The monoisotopic (exact) mass is 348 g/mol. The van der Waals surface area contributed by atoms with Crippen LogP contribution in [-0.2, 0) is 10.0 Å². The van der Waals surface area contributed by atoms with Gasteiger partial charge in [-0.3, -0.25) is 9.48 Å². The molecule has 24 heavy (non-hydrogen) atoms. The summed E-state index contributed by atoms with van der Waals surface area (Å²) in [6.45, 7) is 3.27. The molecule has 8 heteroatoms. The highest BCUT2D eigenvalue weighted by Crippen LogP contribution is 2.23. The van der Waals surface area contributed by atoms with E-state index in [-0.39, 0.29) is 16.8 Å². The molecule has 128 valence electrons. The fraction of sp³-hybridized carbons (Fsp3) is 0.375. The van der Waals surface area contributed by atoms with Gasteiger partial charge in [-0.1, -0.05) is 0 Å². The van der Waals surface area contributed by atoms with Crippen molar-refractivity contribution >= 4 is 15.9 Å². The minimum absolute atomic E-state index is 0.00240. The predicted molar refractivity (Wildman–Crippen MR) is 89.0 cm³/mol. The van der Waals surface area contributed by atoms with E-state index in [1.54, 1.807) is 4.90 Å². The summed E-state index contributed by atoms with van der Waals surface area (Å²) in [7, 11) is -3.75. The van der Waals surface area contributed by atoms with Gasteiger partial charge in [0.2, 0.25) is 10.0 Å². The molecule has 1 atom stereocenters. The van der Waals surface area contributed by atoms with Crippen LogP contribution < -0.4 is 5.14 Å². The lowest BCUT2D eigenvalue weighted by atomic mass is 10.0. The number of amides is 1. The summed E-state index contributed by atoms with van der Waals surface area (Å²) in [4.78, 5) is 14.4. The maximum Gasteiger partial charge on any atom is 0.253 e. The topological polar surface area (TPSA) is 98.3 Å². The van der Waals surface area contributed by atoms with Crippen molar-refractivity contribution < 1.29 is 13.2 Å². The molecule has 2 heterocycles. The first kappa shape index (κ1) is 16.7. The molecule has 0 spiro atoms. The first-order valence-corrected chi connectivity index (χ1v) is 9.32. The van der Waals surface area contributed by atoms with E-state index in [0.717, 1.165) is 18.4 Å². The lowest BCUT2D eigenvalue weighted by Gasteiger charge is -2.33. The van der Waals surface area contributed by atoms with Crippen LogP contribution in [-0.4, -0.2) is 42.1 Å². The fourth-order valence-corrected chi connectivity index (χ4v) is 3.47. The number of hydrogen-bond donors (Lipinski definition) is 1. The zero-order valence-corrected chi connectivity index (χ0v) is 14.2. The average Bonchev–Trinajstić information content (AvgIpc) is 3.00. The van der Waals surface area contributed by atoms with E-state index < -0.39 is 10.0 Å². The van der Waals surface area contributed by atoms with Crippen molar-refractivity contribution in [3.63, 3.8) is 0 Å². The molecule has 2 aromatic rings. The zero-order chi connectivity index (χ0) is 17.3. The van der Waals surface area contributed by atoms with Gasteiger partial charge in [0, 0.05) is 24.8 Å². The first-order valence-electron chi connectivity index (χ1n) is 7.77. The highest BCUT2D eigenvalue weighted by atomic mass is 32.2. The number of benzene rings is 1. The molecule has 2 N–H and O–H groups in total. The van der Waals surface area contributed by atoms with E-state index in [0.29, 0.717) is 18.7 Å². The second kappa shape index (κ2) is 6.37. The summed E-state index contributed by atoms with van der Waals surface area (Å²) in [5.74, 6) is -0.107. The second-order valence-corrected chi connectivity index (χ2v) is 7.68. The van der Waals surface area contributed by atoms with Gasteiger partial charge in [-0.25, -0.2) is 13.6 Å². The molecule has 3 rings (SSSR count). The van der Waals surface area contributed by atoms with Crippen LogP contribution in [0.25, 0.3) is 0 Å². The number of sulfonamides is 1. The van der Waals surface area contributed by atoms with Gasteiger partial charge in [-0.15, -0.1) is 0 Å². The van der Waals surface area contributed by atoms with Crippen LogP contribution in [0.2, 0.25) is 0 Å². The Morgan fingerprint density at radius 2 is 2.00 bits per heavy atom. The quantitative estimate of drug-likeness (QED) is 0.904. The van der Waals surface area contributed by atoms with Gasteiger partial charge in [-0.05, 0) is 49.6 Å². The Hall–Kier alpha value is -2.19. The smallest absolute Gasteiger partial charge is 0.253 e. The Bertz CT molecular complexity index is 842. The van der Waals surface area contributed by atoms with Gasteiger partial charge in [0.05, 0.1) is 17.1 Å². The molecule has 0 unspecified atom stereocenters. The average molecular weight is 348 g/mol. The summed E-state index contributed by atoms with van der Waals surface area (Å²) in [5.41, 5.74) is 1.55. The van der Waals surface area contributed by atoms with Gasteiger partial charge in [0.1, 0.15) is 0 Å². The molecular weight excluding hydrogens is 328 g/mol. The molecule has 0 bridgehead atoms. The van der Waals surface area contributed by atoms with Gasteiger partial charge in [0.25, 0.3) is 5.91 Å². The van der Waals surface area contributed by atoms with Crippen molar-refractivity contribution in [1.82, 2.24) is 14.7 Å². The summed E-state index contributed by atoms with van der Waals surface area (Å²) >= 11 is 0. The summed E-state index contributed by atoms with van der Waals surface area (Å²) in [5, 5.41) is 9.42. The predicted octanol–water partition coefficient (Wildman–Crippen LogP) is 1.32. The maximum atomic E-state index is 12.7. The molecular formula is C16H20N4O3S. The number of rotatable bonds is 3. The number of likely N-dealkylation sites (tertiary alicyclic amines) is 1. The fourth-order valence-electron chi connectivity index (χ4n) is 2.96. The largest absolute Gasteiger partial charge is 0.337 e. The number of nitrogens with zero attached hydrogens (tertiary/aromatic N) is 3. The van der Waals surface area contributed by atoms with Crippen molar-refractivity contribution in [1.29, 1.82) is 0 Å². The van der Waals surface area contributed by atoms with Crippen molar-refractivity contribution in [2.45, 2.75) is 30.7 Å². The third kappa shape index (κ3) is 3.49. The number of aryl methyl sites for hydroxylation is 1. The van der Waals surface area contributed by atoms with Crippen molar-refractivity contribution in [3.05, 3.63) is 47.8 Å². The third-order valence-electron chi connectivity index (χ3n) is 4.22. The van der Waals surface area contributed by atoms with Crippen LogP contribution in [0.15, 0.2) is 41.6 Å². The van der Waals surface area contributed by atoms with Crippen molar-refractivity contribution in [2.75, 3.05) is 13.1 Å². The molecule has 1 amide bonds. The molecule has 1 aromatic heterocycles. The molecule has 1 aliphatic rings. The van der Waals surface area contributed by atoms with Crippen LogP contribution in [0.5, 0.6) is 0 Å². The lowest BCUT2D eigenvalue weighted by molar-refractivity contribution is 0.0673. The van der Waals surface area contributed by atoms with E-state index >= 15 is 0 Å². The number of hydrogen-bond acceptors (Lipinski definition) is 4. The molecule has 1 fully saturated rings. The number of nitrogens with two attached hydrogens (primary N) is 1. The van der Waals surface area contributed by atoms with E-state index in [2.05, 4.69) is 5.10 Å².